The summed E-state index contributed by atoms with van der Waals surface area (Å²) in [6, 6.07) is 14.6. The number of hydrogen-bond donors (Lipinski definition) is 0. The van der Waals surface area contributed by atoms with Gasteiger partial charge in [0.2, 0.25) is 0 Å². The van der Waals surface area contributed by atoms with Crippen molar-refractivity contribution >= 4 is 16.6 Å². The van der Waals surface area contributed by atoms with E-state index in [0.29, 0.717) is 0 Å². The fraction of sp³-hybridized carbons (Fsp3) is 0.118. The summed E-state index contributed by atoms with van der Waals surface area (Å²) >= 11 is 0. The molecule has 0 bridgehead atoms. The standard InChI is InChI=1S/C17H14N2O3/c1-12-7-8-16(15(10-12)19(20)21)22-11-14-5-2-4-13-6-3-9-18-17(13)14/h2-10H,11H2,1H3. The molecular weight excluding hydrogens is 280 g/mol. The Morgan fingerprint density at radius 2 is 2.00 bits per heavy atom. The summed E-state index contributed by atoms with van der Waals surface area (Å²) in [5.41, 5.74) is 2.55. The average molecular weight is 294 g/mol. The molecular formula is C17H14N2O3. The van der Waals surface area contributed by atoms with Gasteiger partial charge in [-0.15, -0.1) is 0 Å². The third kappa shape index (κ3) is 2.74. The highest BCUT2D eigenvalue weighted by Crippen LogP contribution is 2.29. The van der Waals surface area contributed by atoms with Crippen molar-refractivity contribution in [2.45, 2.75) is 13.5 Å². The van der Waals surface area contributed by atoms with E-state index in [-0.39, 0.29) is 18.0 Å². The van der Waals surface area contributed by atoms with Crippen LogP contribution in [-0.4, -0.2) is 9.91 Å². The summed E-state index contributed by atoms with van der Waals surface area (Å²) in [4.78, 5) is 15.0. The van der Waals surface area contributed by atoms with E-state index in [0.717, 1.165) is 22.0 Å². The third-order valence-electron chi connectivity index (χ3n) is 3.41. The van der Waals surface area contributed by atoms with Crippen LogP contribution in [0.2, 0.25) is 0 Å². The zero-order valence-electron chi connectivity index (χ0n) is 12.0. The lowest BCUT2D eigenvalue weighted by Crippen LogP contribution is -2.00. The van der Waals surface area contributed by atoms with Gasteiger partial charge in [-0.3, -0.25) is 15.1 Å². The Hall–Kier alpha value is -2.95. The minimum atomic E-state index is -0.427. The second-order valence-electron chi connectivity index (χ2n) is 5.01. The molecule has 5 heteroatoms. The van der Waals surface area contributed by atoms with Crippen molar-refractivity contribution in [3.8, 4) is 5.75 Å². The molecule has 0 spiro atoms. The number of pyridine rings is 1. The zero-order chi connectivity index (χ0) is 15.5. The monoisotopic (exact) mass is 294 g/mol. The van der Waals surface area contributed by atoms with Crippen molar-refractivity contribution in [3.63, 3.8) is 0 Å². The zero-order valence-corrected chi connectivity index (χ0v) is 12.0. The number of nitrogens with zero attached hydrogens (tertiary/aromatic N) is 2. The average Bonchev–Trinajstić information content (AvgIpc) is 2.53. The van der Waals surface area contributed by atoms with Gasteiger partial charge in [0, 0.05) is 23.2 Å². The Morgan fingerprint density at radius 3 is 2.82 bits per heavy atom. The molecule has 2 aromatic carbocycles. The highest BCUT2D eigenvalue weighted by atomic mass is 16.6. The molecule has 0 saturated heterocycles. The van der Waals surface area contributed by atoms with Crippen molar-refractivity contribution in [1.82, 2.24) is 4.98 Å². The SMILES string of the molecule is Cc1ccc(OCc2cccc3cccnc23)c([N+](=O)[O-])c1. The van der Waals surface area contributed by atoms with Crippen LogP contribution in [0.5, 0.6) is 5.75 Å². The van der Waals surface area contributed by atoms with Crippen molar-refractivity contribution in [2.24, 2.45) is 0 Å². The molecule has 22 heavy (non-hydrogen) atoms. The first-order chi connectivity index (χ1) is 10.6. The highest BCUT2D eigenvalue weighted by molar-refractivity contribution is 5.81. The molecule has 0 radical (unpaired) electrons. The van der Waals surface area contributed by atoms with E-state index in [1.54, 1.807) is 18.3 Å². The minimum absolute atomic E-state index is 0.0202. The van der Waals surface area contributed by atoms with Crippen LogP contribution in [-0.2, 0) is 6.61 Å². The summed E-state index contributed by atoms with van der Waals surface area (Å²) in [7, 11) is 0. The summed E-state index contributed by atoms with van der Waals surface area (Å²) in [5, 5.41) is 12.1. The van der Waals surface area contributed by atoms with E-state index < -0.39 is 4.92 Å². The number of aryl methyl sites for hydroxylation is 1. The van der Waals surface area contributed by atoms with Gasteiger partial charge in [-0.05, 0) is 24.6 Å². The summed E-state index contributed by atoms with van der Waals surface area (Å²) < 4.78 is 5.67. The van der Waals surface area contributed by atoms with Gasteiger partial charge >= 0.3 is 5.69 Å². The lowest BCUT2D eigenvalue weighted by molar-refractivity contribution is -0.386. The lowest BCUT2D eigenvalue weighted by atomic mass is 10.1. The minimum Gasteiger partial charge on any atom is -0.482 e. The molecule has 110 valence electrons. The number of nitro benzene ring substituents is 1. The topological polar surface area (TPSA) is 65.3 Å². The second-order valence-corrected chi connectivity index (χ2v) is 5.01. The maximum absolute atomic E-state index is 11.1. The molecule has 1 heterocycles. The van der Waals surface area contributed by atoms with Crippen molar-refractivity contribution in [2.75, 3.05) is 0 Å². The largest absolute Gasteiger partial charge is 0.482 e. The number of nitro groups is 1. The molecule has 3 rings (SSSR count). The Kier molecular flexibility index (Phi) is 3.70. The van der Waals surface area contributed by atoms with Crippen LogP contribution in [0.1, 0.15) is 11.1 Å². The smallest absolute Gasteiger partial charge is 0.311 e. The van der Waals surface area contributed by atoms with Gasteiger partial charge in [0.1, 0.15) is 6.61 Å². The number of para-hydroxylation sites is 1. The van der Waals surface area contributed by atoms with Crippen LogP contribution in [0.25, 0.3) is 10.9 Å². The van der Waals surface area contributed by atoms with Crippen LogP contribution in [0.4, 0.5) is 5.69 Å². The first-order valence-corrected chi connectivity index (χ1v) is 6.85. The maximum atomic E-state index is 11.1. The Labute approximate surface area is 127 Å². The van der Waals surface area contributed by atoms with E-state index in [1.165, 1.54) is 6.07 Å². The van der Waals surface area contributed by atoms with Crippen molar-refractivity contribution in [1.29, 1.82) is 0 Å². The molecule has 0 saturated carbocycles. The van der Waals surface area contributed by atoms with Crippen LogP contribution in [0.3, 0.4) is 0 Å². The first kappa shape index (κ1) is 14.0. The summed E-state index contributed by atoms with van der Waals surface area (Å²) in [6.07, 6.45) is 1.72. The number of aromatic nitrogens is 1. The molecule has 0 amide bonds. The second kappa shape index (κ2) is 5.81. The lowest BCUT2D eigenvalue weighted by Gasteiger charge is -2.09. The predicted molar refractivity (Wildman–Crippen MR) is 83.9 cm³/mol. The van der Waals surface area contributed by atoms with E-state index in [1.807, 2.05) is 37.3 Å². The van der Waals surface area contributed by atoms with Gasteiger partial charge in [-0.2, -0.15) is 0 Å². The molecule has 5 nitrogen and oxygen atoms in total. The Balaban J connectivity index is 1.90. The van der Waals surface area contributed by atoms with E-state index in [9.17, 15) is 10.1 Å². The van der Waals surface area contributed by atoms with Crippen molar-refractivity contribution in [3.05, 3.63) is 76.0 Å². The number of benzene rings is 2. The molecule has 0 atom stereocenters. The number of rotatable bonds is 4. The van der Waals surface area contributed by atoms with Gasteiger partial charge in [0.25, 0.3) is 0 Å². The van der Waals surface area contributed by atoms with E-state index >= 15 is 0 Å². The summed E-state index contributed by atoms with van der Waals surface area (Å²) in [5.74, 6) is 0.267. The van der Waals surface area contributed by atoms with Gasteiger partial charge in [-0.25, -0.2) is 0 Å². The fourth-order valence-electron chi connectivity index (χ4n) is 2.33. The quantitative estimate of drug-likeness (QED) is 0.538. The summed E-state index contributed by atoms with van der Waals surface area (Å²) in [6.45, 7) is 2.05. The van der Waals surface area contributed by atoms with Crippen molar-refractivity contribution < 1.29 is 9.66 Å². The van der Waals surface area contributed by atoms with Gasteiger partial charge in [-0.1, -0.05) is 30.3 Å². The number of fused-ring (bicyclic) bond motifs is 1. The molecule has 0 fully saturated rings. The van der Waals surface area contributed by atoms with E-state index in [2.05, 4.69) is 4.98 Å². The molecule has 0 unspecified atom stereocenters. The van der Waals surface area contributed by atoms with Crippen LogP contribution in [0, 0.1) is 17.0 Å². The molecule has 0 N–H and O–H groups in total. The van der Waals surface area contributed by atoms with Crippen LogP contribution < -0.4 is 4.74 Å². The maximum Gasteiger partial charge on any atom is 0.311 e. The normalized spacial score (nSPS) is 10.6. The van der Waals surface area contributed by atoms with Gasteiger partial charge in [0.15, 0.2) is 5.75 Å². The predicted octanol–water partition coefficient (Wildman–Crippen LogP) is 4.03. The van der Waals surface area contributed by atoms with Crippen LogP contribution >= 0.6 is 0 Å². The molecule has 0 aliphatic rings. The van der Waals surface area contributed by atoms with Crippen LogP contribution in [0.15, 0.2) is 54.7 Å². The molecule has 1 aromatic heterocycles. The van der Waals surface area contributed by atoms with Gasteiger partial charge < -0.3 is 4.74 Å². The van der Waals surface area contributed by atoms with Gasteiger partial charge in [0.05, 0.1) is 10.4 Å². The molecule has 0 aliphatic heterocycles. The third-order valence-corrected chi connectivity index (χ3v) is 3.41. The number of hydrogen-bond acceptors (Lipinski definition) is 4. The Morgan fingerprint density at radius 1 is 1.18 bits per heavy atom. The highest BCUT2D eigenvalue weighted by Gasteiger charge is 2.15. The first-order valence-electron chi connectivity index (χ1n) is 6.85. The molecule has 3 aromatic rings. The number of ether oxygens (including phenoxy) is 1. The molecule has 0 aliphatic carbocycles. The fourth-order valence-corrected chi connectivity index (χ4v) is 2.33. The van der Waals surface area contributed by atoms with E-state index in [4.69, 9.17) is 4.74 Å². The Bertz CT molecular complexity index is 841.